The van der Waals surface area contributed by atoms with Gasteiger partial charge in [-0.05, 0) is 66.9 Å². The fourth-order valence-corrected chi connectivity index (χ4v) is 4.58. The molecular weight excluding hydrogens is 444 g/mol. The maximum Gasteiger partial charge on any atom is 0.160 e. The Hall–Kier alpha value is -4.63. The highest BCUT2D eigenvalue weighted by atomic mass is 15.1. The molecule has 2 heterocycles. The lowest BCUT2D eigenvalue weighted by Crippen LogP contribution is -2.05. The van der Waals surface area contributed by atoms with Gasteiger partial charge in [-0.15, -0.1) is 0 Å². The van der Waals surface area contributed by atoms with Crippen LogP contribution in [-0.2, 0) is 13.0 Å². The highest BCUT2D eigenvalue weighted by Gasteiger charge is 2.14. The third-order valence-corrected chi connectivity index (χ3v) is 6.40. The lowest BCUT2D eigenvalue weighted by molar-refractivity contribution is 0.745. The quantitative estimate of drug-likeness (QED) is 0.274. The summed E-state index contributed by atoms with van der Waals surface area (Å²) in [6.45, 7) is 6.92. The average molecular weight is 473 g/mol. The second kappa shape index (κ2) is 9.55. The predicted octanol–water partition coefficient (Wildman–Crippen LogP) is 6.52. The Balaban J connectivity index is 1.46. The Morgan fingerprint density at radius 1 is 0.972 bits per heavy atom. The van der Waals surface area contributed by atoms with Gasteiger partial charge in [0.15, 0.2) is 5.65 Å². The SMILES string of the molecule is CCc1nc2c(C)cc(C)nc2n1Cc1ccc(-c2cc(Nc3ccccc3N)ccc2C#N)cc1. The van der Waals surface area contributed by atoms with Gasteiger partial charge in [0.25, 0.3) is 0 Å². The van der Waals surface area contributed by atoms with E-state index in [9.17, 15) is 5.26 Å². The summed E-state index contributed by atoms with van der Waals surface area (Å²) in [6.07, 6.45) is 0.837. The molecule has 0 aliphatic heterocycles. The van der Waals surface area contributed by atoms with Gasteiger partial charge >= 0.3 is 0 Å². The smallest absolute Gasteiger partial charge is 0.160 e. The second-order valence-corrected chi connectivity index (χ2v) is 9.00. The van der Waals surface area contributed by atoms with E-state index in [1.54, 1.807) is 0 Å². The van der Waals surface area contributed by atoms with Crippen molar-refractivity contribution < 1.29 is 0 Å². The number of hydrogen-bond acceptors (Lipinski definition) is 5. The number of fused-ring (bicyclic) bond motifs is 1. The van der Waals surface area contributed by atoms with E-state index >= 15 is 0 Å². The van der Waals surface area contributed by atoms with Crippen LogP contribution in [0.3, 0.4) is 0 Å². The molecule has 6 heteroatoms. The van der Waals surface area contributed by atoms with Crippen LogP contribution in [0.2, 0.25) is 0 Å². The van der Waals surface area contributed by atoms with Crippen molar-refractivity contribution in [2.24, 2.45) is 0 Å². The molecular formula is C30H28N6. The van der Waals surface area contributed by atoms with Gasteiger partial charge < -0.3 is 15.6 Å². The number of nitrogen functional groups attached to an aromatic ring is 1. The van der Waals surface area contributed by atoms with Crippen LogP contribution in [-0.4, -0.2) is 14.5 Å². The number of rotatable bonds is 6. The summed E-state index contributed by atoms with van der Waals surface area (Å²) in [7, 11) is 0. The Kier molecular flexibility index (Phi) is 6.14. The van der Waals surface area contributed by atoms with Gasteiger partial charge in [0.05, 0.1) is 29.6 Å². The number of imidazole rings is 1. The lowest BCUT2D eigenvalue weighted by Gasteiger charge is -2.13. The molecule has 0 bridgehead atoms. The van der Waals surface area contributed by atoms with E-state index in [0.29, 0.717) is 17.8 Å². The number of para-hydroxylation sites is 2. The van der Waals surface area contributed by atoms with Gasteiger partial charge in [-0.3, -0.25) is 0 Å². The molecule has 2 aromatic heterocycles. The number of benzene rings is 3. The molecule has 0 unspecified atom stereocenters. The lowest BCUT2D eigenvalue weighted by atomic mass is 9.98. The number of nitrogens with two attached hydrogens (primary N) is 1. The van der Waals surface area contributed by atoms with E-state index < -0.39 is 0 Å². The molecule has 0 amide bonds. The molecule has 3 N–H and O–H groups in total. The van der Waals surface area contributed by atoms with Crippen LogP contribution in [0.1, 0.15) is 35.1 Å². The van der Waals surface area contributed by atoms with E-state index in [1.165, 1.54) is 0 Å². The van der Waals surface area contributed by atoms with Crippen molar-refractivity contribution in [1.82, 2.24) is 14.5 Å². The highest BCUT2D eigenvalue weighted by molar-refractivity contribution is 5.79. The van der Waals surface area contributed by atoms with Crippen LogP contribution in [0.5, 0.6) is 0 Å². The molecule has 0 saturated heterocycles. The van der Waals surface area contributed by atoms with E-state index in [2.05, 4.69) is 60.1 Å². The molecule has 5 rings (SSSR count). The summed E-state index contributed by atoms with van der Waals surface area (Å²) in [4.78, 5) is 9.64. The third-order valence-electron chi connectivity index (χ3n) is 6.40. The molecule has 0 fully saturated rings. The Bertz CT molecular complexity index is 1610. The first kappa shape index (κ1) is 23.1. The molecule has 0 aliphatic carbocycles. The number of pyridine rings is 1. The highest BCUT2D eigenvalue weighted by Crippen LogP contribution is 2.30. The zero-order valence-corrected chi connectivity index (χ0v) is 20.7. The van der Waals surface area contributed by atoms with E-state index in [4.69, 9.17) is 15.7 Å². The number of anilines is 3. The first-order chi connectivity index (χ1) is 17.5. The Morgan fingerprint density at radius 3 is 2.47 bits per heavy atom. The van der Waals surface area contributed by atoms with Crippen LogP contribution < -0.4 is 11.1 Å². The molecule has 0 atom stereocenters. The Labute approximate surface area is 211 Å². The number of nitrogens with zero attached hydrogens (tertiary/aromatic N) is 4. The topological polar surface area (TPSA) is 92.6 Å². The second-order valence-electron chi connectivity index (χ2n) is 9.00. The predicted molar refractivity (Wildman–Crippen MR) is 146 cm³/mol. The van der Waals surface area contributed by atoms with Crippen LogP contribution >= 0.6 is 0 Å². The maximum atomic E-state index is 9.73. The zero-order valence-electron chi connectivity index (χ0n) is 20.7. The molecule has 6 nitrogen and oxygen atoms in total. The van der Waals surface area contributed by atoms with Crippen molar-refractivity contribution in [3.63, 3.8) is 0 Å². The monoisotopic (exact) mass is 472 g/mol. The maximum absolute atomic E-state index is 9.73. The summed E-state index contributed by atoms with van der Waals surface area (Å²) in [6, 6.07) is 26.1. The molecule has 36 heavy (non-hydrogen) atoms. The molecule has 0 saturated carbocycles. The minimum Gasteiger partial charge on any atom is -0.397 e. The largest absolute Gasteiger partial charge is 0.397 e. The van der Waals surface area contributed by atoms with Crippen molar-refractivity contribution in [1.29, 1.82) is 5.26 Å². The number of aromatic nitrogens is 3. The number of nitrogens with one attached hydrogen (secondary N) is 1. The first-order valence-electron chi connectivity index (χ1n) is 12.0. The third kappa shape index (κ3) is 4.39. The van der Waals surface area contributed by atoms with Gasteiger partial charge in [-0.2, -0.15) is 5.26 Å². The molecule has 178 valence electrons. The van der Waals surface area contributed by atoms with Crippen molar-refractivity contribution in [2.45, 2.75) is 33.7 Å². The van der Waals surface area contributed by atoms with Crippen LogP contribution in [0, 0.1) is 25.2 Å². The number of aryl methyl sites for hydroxylation is 3. The van der Waals surface area contributed by atoms with Gasteiger partial charge in [-0.1, -0.05) is 43.3 Å². The fourth-order valence-electron chi connectivity index (χ4n) is 4.58. The van der Waals surface area contributed by atoms with Gasteiger partial charge in [-0.25, -0.2) is 9.97 Å². The van der Waals surface area contributed by atoms with Gasteiger partial charge in [0, 0.05) is 23.4 Å². The molecule has 5 aromatic rings. The average Bonchev–Trinajstić information content (AvgIpc) is 3.23. The van der Waals surface area contributed by atoms with Crippen LogP contribution in [0.25, 0.3) is 22.3 Å². The molecule has 3 aromatic carbocycles. The minimum absolute atomic E-state index is 0.623. The van der Waals surface area contributed by atoms with Crippen molar-refractivity contribution >= 4 is 28.2 Å². The van der Waals surface area contributed by atoms with Crippen molar-refractivity contribution in [3.05, 3.63) is 101 Å². The summed E-state index contributed by atoms with van der Waals surface area (Å²) < 4.78 is 2.21. The summed E-state index contributed by atoms with van der Waals surface area (Å²) in [5.74, 6) is 1.03. The molecule has 0 spiro atoms. The van der Waals surface area contributed by atoms with Crippen molar-refractivity contribution in [3.8, 4) is 17.2 Å². The minimum atomic E-state index is 0.623. The fraction of sp³-hybridized carbons (Fsp3) is 0.167. The van der Waals surface area contributed by atoms with E-state index in [-0.39, 0.29) is 0 Å². The van der Waals surface area contributed by atoms with Crippen molar-refractivity contribution in [2.75, 3.05) is 11.1 Å². The van der Waals surface area contributed by atoms with E-state index in [0.717, 1.165) is 62.7 Å². The Morgan fingerprint density at radius 2 is 1.75 bits per heavy atom. The van der Waals surface area contributed by atoms with Crippen LogP contribution in [0.15, 0.2) is 72.8 Å². The standard InChI is InChI=1S/C30H28N6/c1-4-28-35-29-19(2)15-20(3)33-30(29)36(28)18-21-9-11-22(12-10-21)25-16-24(14-13-23(25)17-31)34-27-8-6-5-7-26(27)32/h5-16,34H,4,18,32H2,1-3H3. The normalized spacial score (nSPS) is 10.9. The zero-order chi connectivity index (χ0) is 25.2. The molecule has 0 radical (unpaired) electrons. The molecule has 0 aliphatic rings. The summed E-state index contributed by atoms with van der Waals surface area (Å²) in [5, 5.41) is 13.1. The van der Waals surface area contributed by atoms with Gasteiger partial charge in [0.1, 0.15) is 11.3 Å². The van der Waals surface area contributed by atoms with Gasteiger partial charge in [0.2, 0.25) is 0 Å². The number of hydrogen-bond donors (Lipinski definition) is 2. The van der Waals surface area contributed by atoms with E-state index in [1.807, 2.05) is 49.4 Å². The number of nitriles is 1. The van der Waals surface area contributed by atoms with Crippen LogP contribution in [0.4, 0.5) is 17.1 Å². The summed E-state index contributed by atoms with van der Waals surface area (Å²) >= 11 is 0. The summed E-state index contributed by atoms with van der Waals surface area (Å²) in [5.41, 5.74) is 16.1. The first-order valence-corrected chi connectivity index (χ1v) is 12.0.